The van der Waals surface area contributed by atoms with Crippen LogP contribution in [0.4, 0.5) is 18.3 Å². The minimum absolute atomic E-state index is 0. The Morgan fingerprint density at radius 2 is 2.14 bits per heavy atom. The van der Waals surface area contributed by atoms with E-state index in [2.05, 4.69) is 20.2 Å². The van der Waals surface area contributed by atoms with Gasteiger partial charge >= 0.3 is 6.18 Å². The molecule has 0 radical (unpaired) electrons. The second-order valence-electron chi connectivity index (χ2n) is 6.23. The molecule has 150 valence electrons. The first-order valence-electron chi connectivity index (χ1n) is 8.49. The smallest absolute Gasteiger partial charge is 0.416 e. The molecule has 1 aliphatic heterocycles. The maximum atomic E-state index is 12.9. The van der Waals surface area contributed by atoms with Gasteiger partial charge in [0.1, 0.15) is 12.4 Å². The number of hydrogen-bond donors (Lipinski definition) is 1. The van der Waals surface area contributed by atoms with Crippen LogP contribution in [0.5, 0.6) is 5.75 Å². The molecule has 3 aromatic rings. The lowest BCUT2D eigenvalue weighted by Crippen LogP contribution is -2.54. The summed E-state index contributed by atoms with van der Waals surface area (Å²) in [5, 5.41) is 4.04. The molecule has 28 heavy (non-hydrogen) atoms. The highest BCUT2D eigenvalue weighted by Gasteiger charge is 2.31. The van der Waals surface area contributed by atoms with Crippen LogP contribution < -0.4 is 15.0 Å². The average Bonchev–Trinajstić information content (AvgIpc) is 3.10. The van der Waals surface area contributed by atoms with Crippen molar-refractivity contribution < 1.29 is 17.9 Å². The fourth-order valence-corrected chi connectivity index (χ4v) is 4.10. The Hall–Kier alpha value is -2.10. The van der Waals surface area contributed by atoms with E-state index in [1.165, 1.54) is 23.5 Å². The first-order chi connectivity index (χ1) is 13.0. The van der Waals surface area contributed by atoms with Crippen LogP contribution in [0.2, 0.25) is 0 Å². The van der Waals surface area contributed by atoms with Gasteiger partial charge in [-0.05, 0) is 30.3 Å². The molecule has 10 heteroatoms. The summed E-state index contributed by atoms with van der Waals surface area (Å²) in [5.41, 5.74) is -0.0737. The normalized spacial score (nSPS) is 17.4. The molecule has 0 amide bonds. The number of pyridine rings is 1. The maximum absolute atomic E-state index is 12.9. The molecular weight excluding hydrogens is 413 g/mol. The van der Waals surface area contributed by atoms with E-state index in [1.54, 1.807) is 18.5 Å². The van der Waals surface area contributed by atoms with Crippen LogP contribution in [-0.2, 0) is 6.18 Å². The third-order valence-electron chi connectivity index (χ3n) is 4.38. The number of thiazole rings is 1. The number of anilines is 1. The van der Waals surface area contributed by atoms with E-state index in [1.807, 2.05) is 6.07 Å². The number of fused-ring (bicyclic) bond motifs is 1. The maximum Gasteiger partial charge on any atom is 0.416 e. The topological polar surface area (TPSA) is 50.3 Å². The van der Waals surface area contributed by atoms with Gasteiger partial charge in [0, 0.05) is 25.8 Å². The third-order valence-corrected chi connectivity index (χ3v) is 5.43. The second kappa shape index (κ2) is 8.50. The van der Waals surface area contributed by atoms with E-state index in [9.17, 15) is 13.2 Å². The molecule has 0 spiro atoms. The summed E-state index contributed by atoms with van der Waals surface area (Å²) < 4.78 is 45.2. The molecule has 1 fully saturated rings. The number of benzene rings is 1. The monoisotopic (exact) mass is 430 g/mol. The molecule has 1 atom stereocenters. The highest BCUT2D eigenvalue weighted by Crippen LogP contribution is 2.36. The molecule has 0 bridgehead atoms. The van der Waals surface area contributed by atoms with E-state index in [4.69, 9.17) is 4.74 Å². The molecule has 1 aliphatic rings. The molecule has 3 heterocycles. The van der Waals surface area contributed by atoms with Crippen molar-refractivity contribution in [3.05, 3.63) is 48.3 Å². The summed E-state index contributed by atoms with van der Waals surface area (Å²) in [4.78, 5) is 10.7. The summed E-state index contributed by atoms with van der Waals surface area (Å²) in [6, 6.07) is 7.34. The van der Waals surface area contributed by atoms with Gasteiger partial charge < -0.3 is 15.0 Å². The molecule has 1 unspecified atom stereocenters. The predicted molar refractivity (Wildman–Crippen MR) is 106 cm³/mol. The van der Waals surface area contributed by atoms with Gasteiger partial charge in [-0.15, -0.1) is 12.4 Å². The van der Waals surface area contributed by atoms with Gasteiger partial charge in [0.05, 0.1) is 28.0 Å². The quantitative estimate of drug-likeness (QED) is 0.678. The highest BCUT2D eigenvalue weighted by molar-refractivity contribution is 7.22. The minimum Gasteiger partial charge on any atom is -0.490 e. The first kappa shape index (κ1) is 20.6. The van der Waals surface area contributed by atoms with Gasteiger partial charge in [-0.2, -0.15) is 13.2 Å². The van der Waals surface area contributed by atoms with Gasteiger partial charge in [-0.3, -0.25) is 4.98 Å². The van der Waals surface area contributed by atoms with Crippen molar-refractivity contribution in [3.8, 4) is 5.75 Å². The number of nitrogens with zero attached hydrogens (tertiary/aromatic N) is 3. The number of rotatable bonds is 4. The van der Waals surface area contributed by atoms with Crippen LogP contribution in [0.25, 0.3) is 10.2 Å². The van der Waals surface area contributed by atoms with Gasteiger partial charge in [0.15, 0.2) is 5.13 Å². The van der Waals surface area contributed by atoms with E-state index >= 15 is 0 Å². The number of ether oxygens (including phenoxy) is 1. The zero-order valence-corrected chi connectivity index (χ0v) is 16.3. The van der Waals surface area contributed by atoms with Gasteiger partial charge in [-0.25, -0.2) is 4.98 Å². The average molecular weight is 431 g/mol. The predicted octanol–water partition coefficient (Wildman–Crippen LogP) is 3.99. The molecular formula is C18H18ClF3N4OS. The molecule has 5 nitrogen and oxygen atoms in total. The Balaban J connectivity index is 0.00000225. The van der Waals surface area contributed by atoms with Crippen molar-refractivity contribution in [2.45, 2.75) is 12.2 Å². The van der Waals surface area contributed by atoms with Crippen LogP contribution in [0.3, 0.4) is 0 Å². The van der Waals surface area contributed by atoms with E-state index in [-0.39, 0.29) is 18.4 Å². The van der Waals surface area contributed by atoms with Crippen molar-refractivity contribution in [3.63, 3.8) is 0 Å². The lowest BCUT2D eigenvalue weighted by molar-refractivity contribution is -0.137. The Labute approximate surface area is 170 Å². The highest BCUT2D eigenvalue weighted by atomic mass is 35.5. The van der Waals surface area contributed by atoms with Crippen molar-refractivity contribution in [1.29, 1.82) is 0 Å². The molecule has 0 aliphatic carbocycles. The van der Waals surface area contributed by atoms with Gasteiger partial charge in [0.25, 0.3) is 0 Å². The fraction of sp³-hybridized carbons (Fsp3) is 0.333. The van der Waals surface area contributed by atoms with E-state index < -0.39 is 11.7 Å². The fourth-order valence-electron chi connectivity index (χ4n) is 3.00. The molecule has 1 aromatic carbocycles. The molecule has 4 rings (SSSR count). The van der Waals surface area contributed by atoms with Crippen LogP contribution >= 0.6 is 23.7 Å². The molecule has 2 aromatic heterocycles. The molecule has 1 saturated heterocycles. The Morgan fingerprint density at radius 1 is 1.29 bits per heavy atom. The zero-order chi connectivity index (χ0) is 18.9. The Kier molecular flexibility index (Phi) is 6.26. The zero-order valence-electron chi connectivity index (χ0n) is 14.6. The second-order valence-corrected chi connectivity index (χ2v) is 7.24. The van der Waals surface area contributed by atoms with Crippen molar-refractivity contribution in [1.82, 2.24) is 15.3 Å². The number of alkyl halides is 3. The molecule has 1 N–H and O–H groups in total. The van der Waals surface area contributed by atoms with Crippen LogP contribution in [0.15, 0.2) is 42.7 Å². The molecule has 0 saturated carbocycles. The number of hydrogen-bond acceptors (Lipinski definition) is 6. The summed E-state index contributed by atoms with van der Waals surface area (Å²) in [7, 11) is 0. The van der Waals surface area contributed by atoms with Crippen LogP contribution in [0.1, 0.15) is 5.56 Å². The largest absolute Gasteiger partial charge is 0.490 e. The summed E-state index contributed by atoms with van der Waals surface area (Å²) in [6.45, 7) is 2.65. The number of halogens is 4. The van der Waals surface area contributed by atoms with Crippen LogP contribution in [0, 0.1) is 0 Å². The Morgan fingerprint density at radius 3 is 2.89 bits per heavy atom. The van der Waals surface area contributed by atoms with E-state index in [0.29, 0.717) is 40.8 Å². The van der Waals surface area contributed by atoms with Crippen molar-refractivity contribution >= 4 is 39.1 Å². The summed E-state index contributed by atoms with van der Waals surface area (Å²) >= 11 is 1.28. The van der Waals surface area contributed by atoms with E-state index in [0.717, 1.165) is 12.6 Å². The summed E-state index contributed by atoms with van der Waals surface area (Å²) in [6.07, 6.45) is -1.03. The summed E-state index contributed by atoms with van der Waals surface area (Å²) in [5.74, 6) is 0.683. The lowest BCUT2D eigenvalue weighted by atomic mass is 10.2. The van der Waals surface area contributed by atoms with Crippen molar-refractivity contribution in [2.24, 2.45) is 0 Å². The van der Waals surface area contributed by atoms with Crippen molar-refractivity contribution in [2.75, 3.05) is 31.1 Å². The first-order valence-corrected chi connectivity index (χ1v) is 9.30. The lowest BCUT2D eigenvalue weighted by Gasteiger charge is -2.35. The van der Waals surface area contributed by atoms with Crippen LogP contribution in [-0.4, -0.2) is 42.3 Å². The standard InChI is InChI=1S/C18H17F3N4OS.ClH/c19-18(20,21)12-3-4-15-16(8-12)27-17(24-15)25-7-6-23-9-13(25)11-26-14-2-1-5-22-10-14;/h1-5,8,10,13,23H,6-7,9,11H2;1H. The number of aromatic nitrogens is 2. The third kappa shape index (κ3) is 4.48. The van der Waals surface area contributed by atoms with Gasteiger partial charge in [-0.1, -0.05) is 11.3 Å². The van der Waals surface area contributed by atoms with Gasteiger partial charge in [0.2, 0.25) is 0 Å². The SMILES string of the molecule is Cl.FC(F)(F)c1ccc2nc(N3CCNCC3COc3cccnc3)sc2c1. The number of piperazine rings is 1. The minimum atomic E-state index is -4.35. The Bertz CT molecular complexity index is 922. The number of nitrogens with one attached hydrogen (secondary N) is 1.